The second-order valence-electron chi connectivity index (χ2n) is 8.58. The second-order valence-corrected chi connectivity index (χ2v) is 8.58. The molecule has 1 nitrogen and oxygen atoms in total. The third kappa shape index (κ3) is 4.13. The summed E-state index contributed by atoms with van der Waals surface area (Å²) < 4.78 is 20.0. The molecule has 3 aromatic carbocycles. The highest BCUT2D eigenvalue weighted by Gasteiger charge is 2.21. The van der Waals surface area contributed by atoms with E-state index in [0.717, 1.165) is 24.2 Å². The Kier molecular flexibility index (Phi) is 5.56. The molecule has 0 N–H and O–H groups in total. The molecule has 1 aliphatic rings. The lowest BCUT2D eigenvalue weighted by Crippen LogP contribution is -2.18. The van der Waals surface area contributed by atoms with Crippen molar-refractivity contribution in [2.45, 2.75) is 46.6 Å². The monoisotopic (exact) mass is 388 g/mol. The van der Waals surface area contributed by atoms with E-state index in [1.807, 2.05) is 12.1 Å². The fourth-order valence-electron chi connectivity index (χ4n) is 4.39. The van der Waals surface area contributed by atoms with Crippen molar-refractivity contribution < 1.29 is 9.13 Å². The molecule has 2 atom stereocenters. The van der Waals surface area contributed by atoms with Gasteiger partial charge in [0, 0.05) is 6.61 Å². The van der Waals surface area contributed by atoms with E-state index in [1.165, 1.54) is 34.2 Å². The Labute approximate surface area is 173 Å². The van der Waals surface area contributed by atoms with Gasteiger partial charge in [0.25, 0.3) is 0 Å². The molecule has 0 aliphatic carbocycles. The van der Waals surface area contributed by atoms with Crippen molar-refractivity contribution in [3.05, 3.63) is 82.7 Å². The first-order valence-electron chi connectivity index (χ1n) is 10.5. The molecule has 2 heteroatoms. The van der Waals surface area contributed by atoms with Crippen LogP contribution in [0.15, 0.2) is 54.6 Å². The maximum absolute atomic E-state index is 13.9. The molecule has 29 heavy (non-hydrogen) atoms. The number of rotatable bonds is 3. The fraction of sp³-hybridized carbons (Fsp3) is 0.333. The van der Waals surface area contributed by atoms with E-state index in [4.69, 9.17) is 4.74 Å². The first-order chi connectivity index (χ1) is 13.9. The highest BCUT2D eigenvalue weighted by Crippen LogP contribution is 2.36. The van der Waals surface area contributed by atoms with Crippen LogP contribution in [0.25, 0.3) is 22.3 Å². The average molecular weight is 389 g/mol. The van der Waals surface area contributed by atoms with Crippen molar-refractivity contribution in [1.82, 2.24) is 0 Å². The van der Waals surface area contributed by atoms with Crippen molar-refractivity contribution in [3.8, 4) is 22.3 Å². The van der Waals surface area contributed by atoms with Crippen LogP contribution in [-0.4, -0.2) is 6.61 Å². The molecule has 0 bridgehead atoms. The average Bonchev–Trinajstić information content (AvgIpc) is 2.70. The van der Waals surface area contributed by atoms with E-state index >= 15 is 0 Å². The van der Waals surface area contributed by atoms with Crippen molar-refractivity contribution in [2.24, 2.45) is 5.92 Å². The van der Waals surface area contributed by atoms with E-state index in [9.17, 15) is 4.39 Å². The SMILES string of the molecule is Cc1ccc(-c2ccc(-c3c(C)cc(C4CCC(C)CO4)cc3C)cc2)cc1F. The lowest BCUT2D eigenvalue weighted by molar-refractivity contribution is -0.0124. The van der Waals surface area contributed by atoms with E-state index in [2.05, 4.69) is 57.2 Å². The van der Waals surface area contributed by atoms with Crippen molar-refractivity contribution in [2.75, 3.05) is 6.61 Å². The zero-order chi connectivity index (χ0) is 20.5. The predicted octanol–water partition coefficient (Wildman–Crippen LogP) is 7.57. The summed E-state index contributed by atoms with van der Waals surface area (Å²) in [5, 5.41) is 0. The van der Waals surface area contributed by atoms with Crippen LogP contribution >= 0.6 is 0 Å². The van der Waals surface area contributed by atoms with Crippen molar-refractivity contribution in [3.63, 3.8) is 0 Å². The summed E-state index contributed by atoms with van der Waals surface area (Å²) in [5.74, 6) is 0.501. The molecular weight excluding hydrogens is 359 g/mol. The quantitative estimate of drug-likeness (QED) is 0.449. The first-order valence-corrected chi connectivity index (χ1v) is 10.5. The Morgan fingerprint density at radius 1 is 0.759 bits per heavy atom. The van der Waals surface area contributed by atoms with Gasteiger partial charge in [-0.1, -0.05) is 55.5 Å². The van der Waals surface area contributed by atoms with Crippen LogP contribution in [0.2, 0.25) is 0 Å². The fourth-order valence-corrected chi connectivity index (χ4v) is 4.39. The van der Waals surface area contributed by atoms with Crippen molar-refractivity contribution in [1.29, 1.82) is 0 Å². The highest BCUT2D eigenvalue weighted by molar-refractivity contribution is 5.75. The van der Waals surface area contributed by atoms with Gasteiger partial charge in [-0.2, -0.15) is 0 Å². The molecule has 0 aromatic heterocycles. The van der Waals surface area contributed by atoms with Gasteiger partial charge in [0.05, 0.1) is 6.10 Å². The van der Waals surface area contributed by atoms with Gasteiger partial charge in [-0.15, -0.1) is 0 Å². The zero-order valence-electron chi connectivity index (χ0n) is 17.8. The van der Waals surface area contributed by atoms with Crippen LogP contribution in [0.3, 0.4) is 0 Å². The minimum absolute atomic E-state index is 0.159. The van der Waals surface area contributed by atoms with Crippen molar-refractivity contribution >= 4 is 0 Å². The van der Waals surface area contributed by atoms with Crippen LogP contribution in [0.1, 0.15) is 48.1 Å². The van der Waals surface area contributed by atoms with Gasteiger partial charge in [0.1, 0.15) is 5.82 Å². The number of aryl methyl sites for hydroxylation is 3. The smallest absolute Gasteiger partial charge is 0.126 e. The molecule has 0 radical (unpaired) electrons. The Bertz CT molecular complexity index is 988. The van der Waals surface area contributed by atoms with Crippen LogP contribution in [0.5, 0.6) is 0 Å². The summed E-state index contributed by atoms with van der Waals surface area (Å²) in [6, 6.07) is 18.4. The van der Waals surface area contributed by atoms with E-state index in [1.54, 1.807) is 13.0 Å². The lowest BCUT2D eigenvalue weighted by atomic mass is 9.89. The summed E-state index contributed by atoms with van der Waals surface area (Å²) in [4.78, 5) is 0. The topological polar surface area (TPSA) is 9.23 Å². The van der Waals surface area contributed by atoms with Gasteiger partial charge in [0.15, 0.2) is 0 Å². The first kappa shape index (κ1) is 19.8. The van der Waals surface area contributed by atoms with Crippen LogP contribution in [0, 0.1) is 32.5 Å². The van der Waals surface area contributed by atoms with Crippen LogP contribution in [0.4, 0.5) is 4.39 Å². The predicted molar refractivity (Wildman–Crippen MR) is 119 cm³/mol. The maximum atomic E-state index is 13.9. The van der Waals surface area contributed by atoms with Gasteiger partial charge in [0.2, 0.25) is 0 Å². The molecule has 1 fully saturated rings. The Hall–Kier alpha value is -2.45. The third-order valence-electron chi connectivity index (χ3n) is 6.11. The van der Waals surface area contributed by atoms with Gasteiger partial charge >= 0.3 is 0 Å². The standard InChI is InChI=1S/C27H29FO/c1-17-5-12-26(29-16-17)24-13-19(3)27(20(4)14-24)22-10-8-21(9-11-22)23-7-6-18(2)25(28)15-23/h6-11,13-15,17,26H,5,12,16H2,1-4H3. The Morgan fingerprint density at radius 2 is 1.38 bits per heavy atom. The molecule has 0 spiro atoms. The molecule has 150 valence electrons. The second kappa shape index (κ2) is 8.12. The molecule has 1 heterocycles. The minimum Gasteiger partial charge on any atom is -0.373 e. The molecule has 1 saturated heterocycles. The number of benzene rings is 3. The number of hydrogen-bond donors (Lipinski definition) is 0. The van der Waals surface area contributed by atoms with Gasteiger partial charge in [-0.25, -0.2) is 4.39 Å². The van der Waals surface area contributed by atoms with Gasteiger partial charge < -0.3 is 4.74 Å². The largest absolute Gasteiger partial charge is 0.373 e. The van der Waals surface area contributed by atoms with E-state index in [0.29, 0.717) is 11.5 Å². The van der Waals surface area contributed by atoms with Crippen LogP contribution < -0.4 is 0 Å². The summed E-state index contributed by atoms with van der Waals surface area (Å²) >= 11 is 0. The molecular formula is C27H29FO. The van der Waals surface area contributed by atoms with E-state index in [-0.39, 0.29) is 11.9 Å². The molecule has 1 aliphatic heterocycles. The van der Waals surface area contributed by atoms with E-state index < -0.39 is 0 Å². The molecule has 0 saturated carbocycles. The number of halogens is 1. The summed E-state index contributed by atoms with van der Waals surface area (Å²) in [5.41, 5.74) is 8.93. The zero-order valence-corrected chi connectivity index (χ0v) is 17.8. The van der Waals surface area contributed by atoms with Crippen LogP contribution in [-0.2, 0) is 4.74 Å². The molecule has 3 aromatic rings. The maximum Gasteiger partial charge on any atom is 0.126 e. The lowest BCUT2D eigenvalue weighted by Gasteiger charge is -2.28. The number of ether oxygens (including phenoxy) is 1. The van der Waals surface area contributed by atoms with Gasteiger partial charge in [-0.3, -0.25) is 0 Å². The summed E-state index contributed by atoms with van der Waals surface area (Å²) in [6.45, 7) is 9.26. The highest BCUT2D eigenvalue weighted by atomic mass is 19.1. The number of hydrogen-bond acceptors (Lipinski definition) is 1. The Morgan fingerprint density at radius 3 is 1.97 bits per heavy atom. The minimum atomic E-state index is -0.159. The summed E-state index contributed by atoms with van der Waals surface area (Å²) in [7, 11) is 0. The molecule has 4 rings (SSSR count). The van der Waals surface area contributed by atoms with Gasteiger partial charge in [-0.05, 0) is 90.1 Å². The molecule has 0 amide bonds. The third-order valence-corrected chi connectivity index (χ3v) is 6.11. The summed E-state index contributed by atoms with van der Waals surface area (Å²) in [6.07, 6.45) is 2.55. The Balaban J connectivity index is 1.62. The normalized spacial score (nSPS) is 19.3. The molecule has 2 unspecified atom stereocenters.